The zero-order valence-electron chi connectivity index (χ0n) is 18.1. The Morgan fingerprint density at radius 1 is 1.23 bits per heavy atom. The van der Waals surface area contributed by atoms with Crippen molar-refractivity contribution in [1.29, 1.82) is 0 Å². The van der Waals surface area contributed by atoms with Crippen molar-refractivity contribution in [3.63, 3.8) is 0 Å². The molecule has 3 aliphatic rings. The summed E-state index contributed by atoms with van der Waals surface area (Å²) in [6.45, 7) is -0.320. The van der Waals surface area contributed by atoms with Crippen LogP contribution in [0, 0.1) is 11.8 Å². The Kier molecular flexibility index (Phi) is 6.03. The summed E-state index contributed by atoms with van der Waals surface area (Å²) in [5, 5.41) is 2.81. The Morgan fingerprint density at radius 2 is 1.90 bits per heavy atom. The van der Waals surface area contributed by atoms with Crippen molar-refractivity contribution in [2.75, 3.05) is 38.7 Å². The van der Waals surface area contributed by atoms with Gasteiger partial charge in [-0.15, -0.1) is 0 Å². The van der Waals surface area contributed by atoms with Gasteiger partial charge in [-0.25, -0.2) is 13.8 Å². The number of hydrogen-bond acceptors (Lipinski definition) is 5. The highest BCUT2D eigenvalue weighted by Gasteiger charge is 2.45. The molecular weight excluding hydrogens is 406 g/mol. The Hall–Kier alpha value is -2.45. The second-order valence-corrected chi connectivity index (χ2v) is 9.27. The SMILES string of the molecule is CN(C)C(=O)C(CCC1CC1)NC(=O)c1ccc(N2CC(F)(F)C2)c(OCC2CC2)n1. The van der Waals surface area contributed by atoms with E-state index in [0.717, 1.165) is 19.3 Å². The lowest BCUT2D eigenvalue weighted by molar-refractivity contribution is -0.130. The Balaban J connectivity index is 1.47. The third kappa shape index (κ3) is 5.62. The molecule has 7 nitrogen and oxygen atoms in total. The molecule has 2 heterocycles. The predicted octanol–water partition coefficient (Wildman–Crippen LogP) is 2.70. The van der Waals surface area contributed by atoms with Gasteiger partial charge in [0.1, 0.15) is 17.4 Å². The van der Waals surface area contributed by atoms with Crippen molar-refractivity contribution in [2.45, 2.75) is 50.5 Å². The molecule has 1 unspecified atom stereocenters. The van der Waals surface area contributed by atoms with Crippen LogP contribution in [0.4, 0.5) is 14.5 Å². The maximum absolute atomic E-state index is 13.4. The Labute approximate surface area is 181 Å². The summed E-state index contributed by atoms with van der Waals surface area (Å²) in [6, 6.07) is 2.49. The molecule has 1 aromatic rings. The van der Waals surface area contributed by atoms with Crippen molar-refractivity contribution in [1.82, 2.24) is 15.2 Å². The molecule has 1 aromatic heterocycles. The number of halogens is 2. The van der Waals surface area contributed by atoms with E-state index < -0.39 is 17.9 Å². The third-order valence-corrected chi connectivity index (χ3v) is 6.02. The molecule has 0 spiro atoms. The lowest BCUT2D eigenvalue weighted by Crippen LogP contribution is -2.56. The number of anilines is 1. The second kappa shape index (κ2) is 8.59. The van der Waals surface area contributed by atoms with Gasteiger partial charge in [-0.2, -0.15) is 0 Å². The van der Waals surface area contributed by atoms with Crippen LogP contribution in [0.25, 0.3) is 0 Å². The zero-order chi connectivity index (χ0) is 22.2. The van der Waals surface area contributed by atoms with Crippen molar-refractivity contribution >= 4 is 17.5 Å². The van der Waals surface area contributed by atoms with Gasteiger partial charge in [-0.1, -0.05) is 12.8 Å². The predicted molar refractivity (Wildman–Crippen MR) is 112 cm³/mol. The average molecular weight is 437 g/mol. The number of hydrogen-bond donors (Lipinski definition) is 1. The van der Waals surface area contributed by atoms with Gasteiger partial charge in [0.25, 0.3) is 11.8 Å². The Morgan fingerprint density at radius 3 is 2.48 bits per heavy atom. The van der Waals surface area contributed by atoms with Crippen LogP contribution in [0.5, 0.6) is 5.88 Å². The highest BCUT2D eigenvalue weighted by molar-refractivity contribution is 5.96. The normalized spacial score (nSPS) is 20.6. The number of pyridine rings is 1. The van der Waals surface area contributed by atoms with Gasteiger partial charge in [0.05, 0.1) is 19.7 Å². The number of nitrogens with zero attached hydrogens (tertiary/aromatic N) is 3. The first-order valence-corrected chi connectivity index (χ1v) is 11.0. The summed E-state index contributed by atoms with van der Waals surface area (Å²) in [6.07, 6.45) is 5.99. The van der Waals surface area contributed by atoms with Crippen LogP contribution in [0.3, 0.4) is 0 Å². The maximum atomic E-state index is 13.4. The van der Waals surface area contributed by atoms with E-state index in [1.54, 1.807) is 20.2 Å². The van der Waals surface area contributed by atoms with Crippen LogP contribution in [0.2, 0.25) is 0 Å². The van der Waals surface area contributed by atoms with E-state index in [1.807, 2.05) is 0 Å². The number of nitrogens with one attached hydrogen (secondary N) is 1. The van der Waals surface area contributed by atoms with E-state index in [1.165, 1.54) is 28.7 Å². The van der Waals surface area contributed by atoms with Crippen molar-refractivity contribution in [3.8, 4) is 5.88 Å². The third-order valence-electron chi connectivity index (χ3n) is 6.02. The molecule has 0 radical (unpaired) electrons. The summed E-state index contributed by atoms with van der Waals surface area (Å²) in [4.78, 5) is 32.7. The Bertz CT molecular complexity index is 832. The summed E-state index contributed by atoms with van der Waals surface area (Å²) in [5.74, 6) is -2.04. The van der Waals surface area contributed by atoms with E-state index >= 15 is 0 Å². The van der Waals surface area contributed by atoms with Crippen molar-refractivity contribution in [2.24, 2.45) is 11.8 Å². The molecule has 170 valence electrons. The number of rotatable bonds is 10. The molecule has 9 heteroatoms. The molecule has 3 fully saturated rings. The van der Waals surface area contributed by atoms with E-state index in [0.29, 0.717) is 30.6 Å². The molecule has 31 heavy (non-hydrogen) atoms. The quantitative estimate of drug-likeness (QED) is 0.611. The molecular formula is C22H30F2N4O3. The van der Waals surface area contributed by atoms with E-state index in [9.17, 15) is 18.4 Å². The standard InChI is InChI=1S/C22H30F2N4O3/c1-27(2)21(30)17(8-7-14-3-4-14)25-19(29)16-9-10-18(28-12-22(23,24)13-28)20(26-16)31-11-15-5-6-15/h9-10,14-15,17H,3-8,11-13H2,1-2H3,(H,25,29). The van der Waals surface area contributed by atoms with Gasteiger partial charge in [0.2, 0.25) is 11.8 Å². The van der Waals surface area contributed by atoms with Crippen LogP contribution in [-0.2, 0) is 4.79 Å². The highest BCUT2D eigenvalue weighted by Crippen LogP contribution is 2.38. The zero-order valence-corrected chi connectivity index (χ0v) is 18.1. The van der Waals surface area contributed by atoms with Crippen molar-refractivity contribution in [3.05, 3.63) is 17.8 Å². The number of carbonyl (C=O) groups is 2. The lowest BCUT2D eigenvalue weighted by Gasteiger charge is -2.40. The van der Waals surface area contributed by atoms with Gasteiger partial charge in [-0.05, 0) is 49.7 Å². The minimum absolute atomic E-state index is 0.116. The van der Waals surface area contributed by atoms with Gasteiger partial charge in [-0.3, -0.25) is 9.59 Å². The maximum Gasteiger partial charge on any atom is 0.282 e. The number of amides is 2. The first-order chi connectivity index (χ1) is 14.7. The minimum atomic E-state index is -2.72. The van der Waals surface area contributed by atoms with Crippen LogP contribution < -0.4 is 15.0 Å². The molecule has 2 amide bonds. The van der Waals surface area contributed by atoms with Gasteiger partial charge >= 0.3 is 0 Å². The molecule has 2 aliphatic carbocycles. The average Bonchev–Trinajstić information content (AvgIpc) is 3.61. The fraction of sp³-hybridized carbons (Fsp3) is 0.682. The molecule has 4 rings (SSSR count). The fourth-order valence-electron chi connectivity index (χ4n) is 3.68. The number of alkyl halides is 2. The largest absolute Gasteiger partial charge is 0.476 e. The highest BCUT2D eigenvalue weighted by atomic mass is 19.3. The molecule has 1 atom stereocenters. The fourth-order valence-corrected chi connectivity index (χ4v) is 3.68. The van der Waals surface area contributed by atoms with Crippen LogP contribution in [0.1, 0.15) is 49.0 Å². The molecule has 1 saturated heterocycles. The number of likely N-dealkylation sites (N-methyl/N-ethyl adjacent to an activating group) is 1. The molecule has 0 aromatic carbocycles. The smallest absolute Gasteiger partial charge is 0.282 e. The summed E-state index contributed by atoms with van der Waals surface area (Å²) in [7, 11) is 3.33. The first kappa shape index (κ1) is 21.8. The van der Waals surface area contributed by atoms with Gasteiger partial charge in [0, 0.05) is 14.1 Å². The second-order valence-electron chi connectivity index (χ2n) is 9.27. The summed E-state index contributed by atoms with van der Waals surface area (Å²) in [5.41, 5.74) is 0.586. The monoisotopic (exact) mass is 436 g/mol. The minimum Gasteiger partial charge on any atom is -0.476 e. The number of aromatic nitrogens is 1. The van der Waals surface area contributed by atoms with Crippen LogP contribution in [0.15, 0.2) is 12.1 Å². The lowest BCUT2D eigenvalue weighted by atomic mass is 10.1. The topological polar surface area (TPSA) is 74.8 Å². The molecule has 0 bridgehead atoms. The van der Waals surface area contributed by atoms with Crippen molar-refractivity contribution < 1.29 is 23.1 Å². The van der Waals surface area contributed by atoms with E-state index in [2.05, 4.69) is 10.3 Å². The van der Waals surface area contributed by atoms with Gasteiger partial charge < -0.3 is 19.9 Å². The van der Waals surface area contributed by atoms with E-state index in [4.69, 9.17) is 4.74 Å². The molecule has 1 N–H and O–H groups in total. The molecule has 2 saturated carbocycles. The van der Waals surface area contributed by atoms with E-state index in [-0.39, 0.29) is 30.6 Å². The van der Waals surface area contributed by atoms with Gasteiger partial charge in [0.15, 0.2) is 0 Å². The van der Waals surface area contributed by atoms with Crippen LogP contribution in [-0.4, -0.2) is 67.5 Å². The number of ether oxygens (including phenoxy) is 1. The summed E-state index contributed by atoms with van der Waals surface area (Å²) >= 11 is 0. The summed E-state index contributed by atoms with van der Waals surface area (Å²) < 4.78 is 32.5. The van der Waals surface area contributed by atoms with Crippen LogP contribution >= 0.6 is 0 Å². The first-order valence-electron chi connectivity index (χ1n) is 11.0. The number of carbonyl (C=O) groups excluding carboxylic acids is 2. The molecule has 1 aliphatic heterocycles.